The van der Waals surface area contributed by atoms with Gasteiger partial charge in [-0.25, -0.2) is 4.98 Å². The fraction of sp³-hybridized carbons (Fsp3) is 0.333. The van der Waals surface area contributed by atoms with Gasteiger partial charge in [-0.15, -0.1) is 0 Å². The molecule has 1 amide bonds. The Bertz CT molecular complexity index is 653. The highest BCUT2D eigenvalue weighted by molar-refractivity contribution is 6.11. The average molecular weight is 280 g/mol. The first-order chi connectivity index (χ1) is 10.2. The van der Waals surface area contributed by atoms with Crippen LogP contribution in [0.4, 0.5) is 11.5 Å². The number of hydrogen-bond donors (Lipinski definition) is 0. The van der Waals surface area contributed by atoms with Gasteiger partial charge in [0, 0.05) is 11.8 Å². The Balaban J connectivity index is 2.11. The van der Waals surface area contributed by atoms with Crippen molar-refractivity contribution in [3.8, 4) is 0 Å². The van der Waals surface area contributed by atoms with Crippen LogP contribution in [0.25, 0.3) is 0 Å². The third kappa shape index (κ3) is 2.13. The number of benzene rings is 1. The summed E-state index contributed by atoms with van der Waals surface area (Å²) in [6.07, 6.45) is 4.75. The average Bonchev–Trinajstić information content (AvgIpc) is 2.75. The van der Waals surface area contributed by atoms with Gasteiger partial charge in [0.2, 0.25) is 5.91 Å². The second-order valence-corrected chi connectivity index (χ2v) is 5.79. The minimum Gasteiger partial charge on any atom is -0.273 e. The predicted molar refractivity (Wildman–Crippen MR) is 84.7 cm³/mol. The van der Waals surface area contributed by atoms with Crippen molar-refractivity contribution in [2.75, 3.05) is 4.90 Å². The molecule has 1 aromatic carbocycles. The summed E-state index contributed by atoms with van der Waals surface area (Å²) >= 11 is 0. The van der Waals surface area contributed by atoms with E-state index in [0.29, 0.717) is 0 Å². The van der Waals surface area contributed by atoms with Crippen molar-refractivity contribution in [2.45, 2.75) is 38.5 Å². The highest BCUT2D eigenvalue weighted by Crippen LogP contribution is 2.46. The number of nitrogens with zero attached hydrogens (tertiary/aromatic N) is 2. The van der Waals surface area contributed by atoms with Crippen LogP contribution in [0.1, 0.15) is 38.7 Å². The lowest BCUT2D eigenvalue weighted by molar-refractivity contribution is -0.122. The first-order valence-electron chi connectivity index (χ1n) is 7.53. The number of pyridine rings is 1. The smallest absolute Gasteiger partial charge is 0.243 e. The highest BCUT2D eigenvalue weighted by atomic mass is 16.2. The number of unbranched alkanes of at least 4 members (excludes halogenated alkanes) is 1. The Morgan fingerprint density at radius 1 is 1.14 bits per heavy atom. The van der Waals surface area contributed by atoms with E-state index in [1.807, 2.05) is 42.5 Å². The molecule has 3 heteroatoms. The number of fused-ring (bicyclic) bond motifs is 1. The van der Waals surface area contributed by atoms with E-state index < -0.39 is 5.41 Å². The molecule has 0 spiro atoms. The van der Waals surface area contributed by atoms with Gasteiger partial charge in [0.05, 0.1) is 11.1 Å². The van der Waals surface area contributed by atoms with E-state index in [2.05, 4.69) is 18.8 Å². The second kappa shape index (κ2) is 5.32. The van der Waals surface area contributed by atoms with Crippen molar-refractivity contribution < 1.29 is 4.79 Å². The molecule has 2 aromatic rings. The molecule has 1 aromatic heterocycles. The maximum absolute atomic E-state index is 13.1. The van der Waals surface area contributed by atoms with Crippen LogP contribution < -0.4 is 4.90 Å². The summed E-state index contributed by atoms with van der Waals surface area (Å²) in [5.74, 6) is 0.920. The van der Waals surface area contributed by atoms with E-state index in [1.54, 1.807) is 11.1 Å². The van der Waals surface area contributed by atoms with Gasteiger partial charge >= 0.3 is 0 Å². The van der Waals surface area contributed by atoms with Crippen LogP contribution in [0.2, 0.25) is 0 Å². The molecular weight excluding hydrogens is 260 g/mol. The number of amides is 1. The van der Waals surface area contributed by atoms with Crippen molar-refractivity contribution in [3.63, 3.8) is 0 Å². The third-order valence-electron chi connectivity index (χ3n) is 4.31. The molecule has 1 aliphatic rings. The number of rotatable bonds is 4. The minimum atomic E-state index is -0.463. The zero-order valence-electron chi connectivity index (χ0n) is 12.5. The molecule has 0 N–H and O–H groups in total. The monoisotopic (exact) mass is 280 g/mol. The maximum atomic E-state index is 13.1. The fourth-order valence-corrected chi connectivity index (χ4v) is 3.05. The summed E-state index contributed by atoms with van der Waals surface area (Å²) in [7, 11) is 0. The largest absolute Gasteiger partial charge is 0.273 e. The molecule has 21 heavy (non-hydrogen) atoms. The predicted octanol–water partition coefficient (Wildman–Crippen LogP) is 4.21. The number of anilines is 2. The fourth-order valence-electron chi connectivity index (χ4n) is 3.05. The first kappa shape index (κ1) is 13.8. The first-order valence-corrected chi connectivity index (χ1v) is 7.53. The van der Waals surface area contributed by atoms with Gasteiger partial charge in [-0.1, -0.05) is 44.0 Å². The molecule has 0 radical (unpaired) electrons. The van der Waals surface area contributed by atoms with Crippen LogP contribution in [-0.2, 0) is 10.2 Å². The highest BCUT2D eigenvalue weighted by Gasteiger charge is 2.48. The number of hydrogen-bond acceptors (Lipinski definition) is 2. The van der Waals surface area contributed by atoms with Crippen LogP contribution in [0.5, 0.6) is 0 Å². The standard InChI is InChI=1S/C18H20N2O/c1-3-4-12-18(2)15-11-8-13-19-16(15)20(17(18)21)14-9-6-5-7-10-14/h5-11,13H,3-4,12H2,1-2H3. The molecule has 2 heterocycles. The Morgan fingerprint density at radius 3 is 2.62 bits per heavy atom. The SMILES string of the molecule is CCCCC1(C)C(=O)N(c2ccccc2)c2ncccc21. The van der Waals surface area contributed by atoms with E-state index in [0.717, 1.165) is 36.3 Å². The van der Waals surface area contributed by atoms with Crippen molar-refractivity contribution in [1.82, 2.24) is 4.98 Å². The summed E-state index contributed by atoms with van der Waals surface area (Å²) in [5.41, 5.74) is 1.48. The number of carbonyl (C=O) groups is 1. The van der Waals surface area contributed by atoms with Crippen molar-refractivity contribution >= 4 is 17.4 Å². The lowest BCUT2D eigenvalue weighted by Crippen LogP contribution is -2.35. The molecular formula is C18H20N2O. The van der Waals surface area contributed by atoms with E-state index in [9.17, 15) is 4.79 Å². The molecule has 1 atom stereocenters. The molecule has 0 saturated heterocycles. The maximum Gasteiger partial charge on any atom is 0.243 e. The van der Waals surface area contributed by atoms with Crippen LogP contribution in [-0.4, -0.2) is 10.9 Å². The Labute approximate surface area is 125 Å². The zero-order chi connectivity index (χ0) is 14.9. The summed E-state index contributed by atoms with van der Waals surface area (Å²) in [5, 5.41) is 0. The number of carbonyl (C=O) groups excluding carboxylic acids is 1. The van der Waals surface area contributed by atoms with Gasteiger partial charge in [-0.05, 0) is 31.5 Å². The normalized spacial score (nSPS) is 20.7. The molecule has 1 unspecified atom stereocenters. The molecule has 3 nitrogen and oxygen atoms in total. The van der Waals surface area contributed by atoms with Gasteiger partial charge in [0.25, 0.3) is 0 Å². The van der Waals surface area contributed by atoms with Gasteiger partial charge in [0.15, 0.2) is 0 Å². The summed E-state index contributed by atoms with van der Waals surface area (Å²) in [6, 6.07) is 13.7. The Kier molecular flexibility index (Phi) is 3.50. The van der Waals surface area contributed by atoms with Crippen molar-refractivity contribution in [2.24, 2.45) is 0 Å². The van der Waals surface area contributed by atoms with E-state index in [1.165, 1.54) is 0 Å². The number of aromatic nitrogens is 1. The molecule has 0 fully saturated rings. The summed E-state index contributed by atoms with van der Waals surface area (Å²) in [4.78, 5) is 19.3. The van der Waals surface area contributed by atoms with E-state index in [4.69, 9.17) is 0 Å². The van der Waals surface area contributed by atoms with Crippen LogP contribution >= 0.6 is 0 Å². The topological polar surface area (TPSA) is 33.2 Å². The van der Waals surface area contributed by atoms with Crippen molar-refractivity contribution in [3.05, 3.63) is 54.2 Å². The minimum absolute atomic E-state index is 0.135. The Morgan fingerprint density at radius 2 is 1.90 bits per heavy atom. The molecule has 0 aliphatic carbocycles. The molecule has 1 aliphatic heterocycles. The van der Waals surface area contributed by atoms with Crippen LogP contribution in [0.3, 0.4) is 0 Å². The van der Waals surface area contributed by atoms with Gasteiger partial charge in [0.1, 0.15) is 5.82 Å². The van der Waals surface area contributed by atoms with Crippen molar-refractivity contribution in [1.29, 1.82) is 0 Å². The molecule has 3 rings (SSSR count). The lowest BCUT2D eigenvalue weighted by Gasteiger charge is -2.24. The quantitative estimate of drug-likeness (QED) is 0.840. The Hall–Kier alpha value is -2.16. The zero-order valence-corrected chi connectivity index (χ0v) is 12.5. The van der Waals surface area contributed by atoms with E-state index in [-0.39, 0.29) is 5.91 Å². The second-order valence-electron chi connectivity index (χ2n) is 5.79. The molecule has 108 valence electrons. The third-order valence-corrected chi connectivity index (χ3v) is 4.31. The van der Waals surface area contributed by atoms with E-state index >= 15 is 0 Å². The van der Waals surface area contributed by atoms with Gasteiger partial charge in [-0.3, -0.25) is 9.69 Å². The molecule has 0 bridgehead atoms. The van der Waals surface area contributed by atoms with Crippen LogP contribution in [0.15, 0.2) is 48.7 Å². The number of para-hydroxylation sites is 1. The van der Waals surface area contributed by atoms with Gasteiger partial charge in [-0.2, -0.15) is 0 Å². The van der Waals surface area contributed by atoms with Gasteiger partial charge < -0.3 is 0 Å². The molecule has 0 saturated carbocycles. The summed E-state index contributed by atoms with van der Waals surface area (Å²) < 4.78 is 0. The lowest BCUT2D eigenvalue weighted by atomic mass is 9.80. The summed E-state index contributed by atoms with van der Waals surface area (Å²) in [6.45, 7) is 4.20. The van der Waals surface area contributed by atoms with Crippen LogP contribution in [0, 0.1) is 0 Å².